The minimum atomic E-state index is 0.118. The second-order valence-electron chi connectivity index (χ2n) is 6.41. The van der Waals surface area contributed by atoms with Crippen LogP contribution in [0.15, 0.2) is 78.3 Å². The highest BCUT2D eigenvalue weighted by Gasteiger charge is 2.15. The quantitative estimate of drug-likeness (QED) is 0.397. The summed E-state index contributed by atoms with van der Waals surface area (Å²) in [5.41, 5.74) is 3.73. The molecule has 0 aliphatic rings. The fraction of sp³-hybridized carbons (Fsp3) is 0.130. The summed E-state index contributed by atoms with van der Waals surface area (Å²) in [5, 5.41) is 6.84. The summed E-state index contributed by atoms with van der Waals surface area (Å²) >= 11 is 1.66. The molecule has 2 aromatic heterocycles. The number of ketones is 1. The number of rotatable bonds is 7. The van der Waals surface area contributed by atoms with Gasteiger partial charge in [-0.2, -0.15) is 5.10 Å². The molecular weight excluding hydrogens is 368 g/mol. The number of carbonyl (C=O) groups is 1. The smallest absolute Gasteiger partial charge is 0.163 e. The third kappa shape index (κ3) is 3.89. The van der Waals surface area contributed by atoms with Gasteiger partial charge >= 0.3 is 0 Å². The Balaban J connectivity index is 1.57. The van der Waals surface area contributed by atoms with Gasteiger partial charge in [0.25, 0.3) is 0 Å². The molecule has 4 nitrogen and oxygen atoms in total. The van der Waals surface area contributed by atoms with Crippen LogP contribution in [0.4, 0.5) is 0 Å². The molecule has 0 aliphatic carbocycles. The average molecular weight is 388 g/mol. The fourth-order valence-electron chi connectivity index (χ4n) is 3.10. The molecule has 2 heterocycles. The molecule has 0 radical (unpaired) electrons. The van der Waals surface area contributed by atoms with Gasteiger partial charge in [-0.15, -0.1) is 11.3 Å². The maximum Gasteiger partial charge on any atom is 0.163 e. The second-order valence-corrected chi connectivity index (χ2v) is 7.36. The van der Waals surface area contributed by atoms with Gasteiger partial charge in [0.2, 0.25) is 0 Å². The topological polar surface area (TPSA) is 44.1 Å². The Labute approximate surface area is 168 Å². The van der Waals surface area contributed by atoms with Gasteiger partial charge in [-0.25, -0.2) is 4.68 Å². The van der Waals surface area contributed by atoms with E-state index in [0.29, 0.717) is 18.4 Å². The highest BCUT2D eigenvalue weighted by atomic mass is 32.1. The molecule has 5 heteroatoms. The van der Waals surface area contributed by atoms with Crippen molar-refractivity contribution in [3.8, 4) is 22.0 Å². The van der Waals surface area contributed by atoms with Gasteiger partial charge in [-0.1, -0.05) is 24.3 Å². The van der Waals surface area contributed by atoms with Gasteiger partial charge in [0.1, 0.15) is 11.4 Å². The van der Waals surface area contributed by atoms with E-state index in [1.807, 2.05) is 76.9 Å². The van der Waals surface area contributed by atoms with Crippen molar-refractivity contribution in [1.29, 1.82) is 0 Å². The Kier molecular flexibility index (Phi) is 5.35. The number of nitrogens with zero attached hydrogens (tertiary/aromatic N) is 2. The van der Waals surface area contributed by atoms with Crippen LogP contribution in [-0.4, -0.2) is 22.7 Å². The summed E-state index contributed by atoms with van der Waals surface area (Å²) in [5.74, 6) is 0.868. The summed E-state index contributed by atoms with van der Waals surface area (Å²) in [6, 6.07) is 21.4. The number of hydrogen-bond acceptors (Lipinski definition) is 4. The van der Waals surface area contributed by atoms with E-state index >= 15 is 0 Å². The number of benzene rings is 2. The first-order valence-corrected chi connectivity index (χ1v) is 9.97. The predicted molar refractivity (Wildman–Crippen MR) is 113 cm³/mol. The second kappa shape index (κ2) is 8.23. The summed E-state index contributed by atoms with van der Waals surface area (Å²) in [6.45, 7) is 0. The maximum absolute atomic E-state index is 12.6. The number of para-hydroxylation sites is 1. The van der Waals surface area contributed by atoms with E-state index in [4.69, 9.17) is 9.84 Å². The lowest BCUT2D eigenvalue weighted by Crippen LogP contribution is -2.01. The van der Waals surface area contributed by atoms with E-state index in [2.05, 4.69) is 6.07 Å². The summed E-state index contributed by atoms with van der Waals surface area (Å²) in [4.78, 5) is 13.7. The maximum atomic E-state index is 12.6. The number of Topliss-reactive ketones (excluding diaryl/α,β-unsaturated/α-hetero) is 1. The predicted octanol–water partition coefficient (Wildman–Crippen LogP) is 5.42. The summed E-state index contributed by atoms with van der Waals surface area (Å²) in [6.07, 6.45) is 3.11. The van der Waals surface area contributed by atoms with Crippen LogP contribution in [0.3, 0.4) is 0 Å². The first kappa shape index (κ1) is 18.2. The number of aryl methyl sites for hydroxylation is 1. The number of thiophene rings is 1. The minimum absolute atomic E-state index is 0.118. The van der Waals surface area contributed by atoms with Crippen LogP contribution in [0, 0.1) is 0 Å². The van der Waals surface area contributed by atoms with Crippen molar-refractivity contribution in [1.82, 2.24) is 9.78 Å². The molecule has 0 aliphatic heterocycles. The van der Waals surface area contributed by atoms with Crippen LogP contribution >= 0.6 is 11.3 Å². The first-order valence-electron chi connectivity index (χ1n) is 9.09. The molecule has 0 unspecified atom stereocenters. The van der Waals surface area contributed by atoms with E-state index < -0.39 is 0 Å². The zero-order valence-electron chi connectivity index (χ0n) is 15.5. The minimum Gasteiger partial charge on any atom is -0.497 e. The molecule has 0 N–H and O–H groups in total. The zero-order chi connectivity index (χ0) is 19.3. The summed E-state index contributed by atoms with van der Waals surface area (Å²) < 4.78 is 7.05. The molecule has 2 aromatic carbocycles. The Morgan fingerprint density at radius 3 is 2.50 bits per heavy atom. The summed E-state index contributed by atoms with van der Waals surface area (Å²) in [7, 11) is 1.62. The molecule has 0 saturated carbocycles. The normalized spacial score (nSPS) is 10.8. The Morgan fingerprint density at radius 1 is 1.04 bits per heavy atom. The van der Waals surface area contributed by atoms with Crippen LogP contribution in [0.5, 0.6) is 5.75 Å². The lowest BCUT2D eigenvalue weighted by molar-refractivity contribution is 0.0983. The number of hydrogen-bond donors (Lipinski definition) is 0. The molecule has 0 spiro atoms. The average Bonchev–Trinajstić information content (AvgIpc) is 3.42. The molecule has 0 atom stereocenters. The highest BCUT2D eigenvalue weighted by Crippen LogP contribution is 2.29. The molecular formula is C23H20N2O2S. The molecule has 140 valence electrons. The van der Waals surface area contributed by atoms with E-state index in [1.54, 1.807) is 18.4 Å². The van der Waals surface area contributed by atoms with Crippen molar-refractivity contribution < 1.29 is 9.53 Å². The molecule has 0 saturated heterocycles. The number of aromatic nitrogens is 2. The fourth-order valence-corrected chi connectivity index (χ4v) is 3.84. The van der Waals surface area contributed by atoms with Crippen molar-refractivity contribution >= 4 is 17.1 Å². The van der Waals surface area contributed by atoms with Gasteiger partial charge in [0.05, 0.1) is 17.7 Å². The standard InChI is InChI=1S/C23H20N2O2S/c1-27-20-12-9-17(10-13-20)21(26)14-11-18-16-25(19-6-3-2-4-7-19)24-23(18)22-8-5-15-28-22/h2-10,12-13,15-16H,11,14H2,1H3. The Morgan fingerprint density at radius 2 is 1.82 bits per heavy atom. The monoisotopic (exact) mass is 388 g/mol. The van der Waals surface area contributed by atoms with E-state index in [9.17, 15) is 4.79 Å². The van der Waals surface area contributed by atoms with Gasteiger partial charge in [-0.3, -0.25) is 4.79 Å². The van der Waals surface area contributed by atoms with Gasteiger partial charge in [0, 0.05) is 18.2 Å². The molecule has 0 bridgehead atoms. The number of carbonyl (C=O) groups excluding carboxylic acids is 1. The van der Waals surface area contributed by atoms with Crippen molar-refractivity contribution in [2.75, 3.05) is 7.11 Å². The van der Waals surface area contributed by atoms with Crippen molar-refractivity contribution in [3.05, 3.63) is 89.4 Å². The van der Waals surface area contributed by atoms with Crippen LogP contribution in [0.1, 0.15) is 22.3 Å². The van der Waals surface area contributed by atoms with Gasteiger partial charge < -0.3 is 4.74 Å². The molecule has 4 aromatic rings. The lowest BCUT2D eigenvalue weighted by Gasteiger charge is -2.03. The number of ether oxygens (including phenoxy) is 1. The van der Waals surface area contributed by atoms with Crippen molar-refractivity contribution in [3.63, 3.8) is 0 Å². The van der Waals surface area contributed by atoms with E-state index in [-0.39, 0.29) is 5.78 Å². The SMILES string of the molecule is COc1ccc(C(=O)CCc2cn(-c3ccccc3)nc2-c2cccs2)cc1. The first-order chi connectivity index (χ1) is 13.7. The van der Waals surface area contributed by atoms with Crippen LogP contribution in [0.25, 0.3) is 16.3 Å². The molecule has 28 heavy (non-hydrogen) atoms. The third-order valence-electron chi connectivity index (χ3n) is 4.60. The van der Waals surface area contributed by atoms with Crippen LogP contribution < -0.4 is 4.74 Å². The van der Waals surface area contributed by atoms with Crippen LogP contribution in [-0.2, 0) is 6.42 Å². The third-order valence-corrected chi connectivity index (χ3v) is 5.48. The van der Waals surface area contributed by atoms with Crippen molar-refractivity contribution in [2.24, 2.45) is 0 Å². The number of methoxy groups -OCH3 is 1. The molecule has 4 rings (SSSR count). The van der Waals surface area contributed by atoms with Gasteiger partial charge in [-0.05, 0) is 59.8 Å². The Bertz CT molecular complexity index is 1050. The molecule has 0 fully saturated rings. The largest absolute Gasteiger partial charge is 0.497 e. The van der Waals surface area contributed by atoms with Crippen molar-refractivity contribution in [2.45, 2.75) is 12.8 Å². The van der Waals surface area contributed by atoms with Crippen LogP contribution in [0.2, 0.25) is 0 Å². The zero-order valence-corrected chi connectivity index (χ0v) is 16.4. The molecule has 0 amide bonds. The van der Waals surface area contributed by atoms with E-state index in [0.717, 1.165) is 27.6 Å². The highest BCUT2D eigenvalue weighted by molar-refractivity contribution is 7.13. The lowest BCUT2D eigenvalue weighted by atomic mass is 10.0. The van der Waals surface area contributed by atoms with E-state index in [1.165, 1.54) is 0 Å². The Hall–Kier alpha value is -3.18. The van der Waals surface area contributed by atoms with Gasteiger partial charge in [0.15, 0.2) is 5.78 Å².